The van der Waals surface area contributed by atoms with Crippen LogP contribution >= 0.6 is 11.6 Å². The molecule has 2 aliphatic rings. The number of hydrogen-bond acceptors (Lipinski definition) is 4. The van der Waals surface area contributed by atoms with Gasteiger partial charge in [0.25, 0.3) is 0 Å². The van der Waals surface area contributed by atoms with E-state index >= 15 is 0 Å². The highest BCUT2D eigenvalue weighted by Crippen LogP contribution is 2.30. The summed E-state index contributed by atoms with van der Waals surface area (Å²) >= 11 is 6.46. The maximum absolute atomic E-state index is 6.46. The summed E-state index contributed by atoms with van der Waals surface area (Å²) in [4.78, 5) is 11.3. The van der Waals surface area contributed by atoms with Crippen LogP contribution in [0, 0.1) is 5.92 Å². The van der Waals surface area contributed by atoms with Gasteiger partial charge in [0.1, 0.15) is 11.0 Å². The van der Waals surface area contributed by atoms with E-state index in [1.54, 1.807) is 0 Å². The Morgan fingerprint density at radius 1 is 1.00 bits per heavy atom. The number of nitrogens with zero attached hydrogens (tertiary/aromatic N) is 4. The number of rotatable bonds is 10. The normalized spacial score (nSPS) is 16.2. The van der Waals surface area contributed by atoms with Crippen molar-refractivity contribution in [2.45, 2.75) is 64.2 Å². The zero-order valence-corrected chi connectivity index (χ0v) is 24.3. The average Bonchev–Trinajstić information content (AvgIpc) is 2.87. The van der Waals surface area contributed by atoms with Gasteiger partial charge in [0, 0.05) is 63.7 Å². The molecule has 0 amide bonds. The Bertz CT molecular complexity index is 987. The molecular weight excluding hydrogens is 476 g/mol. The third-order valence-corrected chi connectivity index (χ3v) is 8.31. The monoisotopic (exact) mass is 522 g/mol. The molecule has 5 heteroatoms. The minimum atomic E-state index is 0.347. The van der Waals surface area contributed by atoms with Crippen LogP contribution in [0.3, 0.4) is 0 Å². The van der Waals surface area contributed by atoms with Gasteiger partial charge in [-0.25, -0.2) is 4.98 Å². The molecule has 1 aliphatic carbocycles. The number of anilines is 1. The quantitative estimate of drug-likeness (QED) is 0.294. The van der Waals surface area contributed by atoms with Crippen molar-refractivity contribution in [3.05, 3.63) is 77.6 Å². The molecule has 1 aromatic heterocycles. The van der Waals surface area contributed by atoms with E-state index in [0.717, 1.165) is 42.6 Å². The summed E-state index contributed by atoms with van der Waals surface area (Å²) in [6.45, 7) is 13.8. The van der Waals surface area contributed by atoms with Gasteiger partial charge >= 0.3 is 0 Å². The summed E-state index contributed by atoms with van der Waals surface area (Å²) < 4.78 is 0. The zero-order chi connectivity index (χ0) is 26.8. The molecule has 0 spiro atoms. The van der Waals surface area contributed by atoms with Crippen LogP contribution in [0.4, 0.5) is 5.82 Å². The third-order valence-electron chi connectivity index (χ3n) is 8.02. The van der Waals surface area contributed by atoms with Crippen LogP contribution in [0.5, 0.6) is 0 Å². The summed E-state index contributed by atoms with van der Waals surface area (Å²) in [6.07, 6.45) is 10.9. The summed E-state index contributed by atoms with van der Waals surface area (Å²) in [5.41, 5.74) is 4.30. The van der Waals surface area contributed by atoms with Gasteiger partial charge < -0.3 is 14.7 Å². The van der Waals surface area contributed by atoms with Crippen molar-refractivity contribution in [2.24, 2.45) is 5.92 Å². The summed E-state index contributed by atoms with van der Waals surface area (Å²) in [6, 6.07) is 14.8. The fraction of sp³-hybridized carbons (Fsp3) is 0.531. The van der Waals surface area contributed by atoms with Crippen molar-refractivity contribution in [3.63, 3.8) is 0 Å². The Labute approximate surface area is 231 Å². The van der Waals surface area contributed by atoms with E-state index in [2.05, 4.69) is 78.3 Å². The van der Waals surface area contributed by atoms with Crippen LogP contribution in [-0.2, 0) is 0 Å². The van der Waals surface area contributed by atoms with Gasteiger partial charge in [-0.2, -0.15) is 0 Å². The van der Waals surface area contributed by atoms with Gasteiger partial charge in [0.05, 0.1) is 0 Å². The van der Waals surface area contributed by atoms with E-state index in [4.69, 9.17) is 11.6 Å². The Hall–Kier alpha value is -2.46. The predicted molar refractivity (Wildman–Crippen MR) is 161 cm³/mol. The predicted octanol–water partition coefficient (Wildman–Crippen LogP) is 8.07. The van der Waals surface area contributed by atoms with Crippen molar-refractivity contribution in [1.82, 2.24) is 14.8 Å². The summed E-state index contributed by atoms with van der Waals surface area (Å²) in [7, 11) is 6.11. The maximum atomic E-state index is 6.46. The lowest BCUT2D eigenvalue weighted by atomic mass is 9.92. The molecule has 2 fully saturated rings. The third kappa shape index (κ3) is 8.53. The van der Waals surface area contributed by atoms with Crippen LogP contribution in [0.2, 0.25) is 5.15 Å². The second kappa shape index (κ2) is 14.5. The van der Waals surface area contributed by atoms with Crippen LogP contribution in [-0.4, -0.2) is 55.6 Å². The molecule has 1 atom stereocenters. The molecule has 1 saturated carbocycles. The van der Waals surface area contributed by atoms with E-state index in [-0.39, 0.29) is 0 Å². The van der Waals surface area contributed by atoms with Crippen LogP contribution in [0.15, 0.2) is 61.3 Å². The van der Waals surface area contributed by atoms with Gasteiger partial charge in [-0.1, -0.05) is 87.7 Å². The highest BCUT2D eigenvalue weighted by Gasteiger charge is 2.21. The lowest BCUT2D eigenvalue weighted by Crippen LogP contribution is -2.34. The first-order chi connectivity index (χ1) is 17.8. The number of aromatic nitrogens is 1. The number of piperidine rings is 1. The van der Waals surface area contributed by atoms with E-state index in [1.165, 1.54) is 62.6 Å². The van der Waals surface area contributed by atoms with E-state index in [1.807, 2.05) is 25.1 Å². The Morgan fingerprint density at radius 2 is 1.62 bits per heavy atom. The minimum Gasteiger partial charge on any atom is -0.378 e. The van der Waals surface area contributed by atoms with Crippen molar-refractivity contribution < 1.29 is 0 Å². The van der Waals surface area contributed by atoms with Gasteiger partial charge in [-0.05, 0) is 49.3 Å². The molecule has 0 radical (unpaired) electrons. The minimum absolute atomic E-state index is 0.347. The average molecular weight is 523 g/mol. The fourth-order valence-corrected chi connectivity index (χ4v) is 5.04. The smallest absolute Gasteiger partial charge is 0.140 e. The first kappa shape index (κ1) is 29.1. The molecule has 1 aliphatic heterocycles. The number of pyridine rings is 1. The van der Waals surface area contributed by atoms with Crippen molar-refractivity contribution >= 4 is 23.1 Å². The summed E-state index contributed by atoms with van der Waals surface area (Å²) in [5, 5.41) is 0.529. The highest BCUT2D eigenvalue weighted by atomic mass is 35.5. The summed E-state index contributed by atoms with van der Waals surface area (Å²) in [5.74, 6) is 2.09. The Morgan fingerprint density at radius 3 is 2.16 bits per heavy atom. The highest BCUT2D eigenvalue weighted by molar-refractivity contribution is 6.31. The molecule has 1 aromatic carbocycles. The van der Waals surface area contributed by atoms with Gasteiger partial charge in [-0.15, -0.1) is 0 Å². The van der Waals surface area contributed by atoms with Crippen molar-refractivity contribution in [3.8, 4) is 0 Å². The zero-order valence-electron chi connectivity index (χ0n) is 23.6. The lowest BCUT2D eigenvalue weighted by molar-refractivity contribution is 0.327. The molecule has 2 aromatic rings. The number of hydrogen-bond donors (Lipinski definition) is 0. The van der Waals surface area contributed by atoms with E-state index < -0.39 is 0 Å². The second-order valence-electron chi connectivity index (χ2n) is 10.9. The second-order valence-corrected chi connectivity index (χ2v) is 11.2. The van der Waals surface area contributed by atoms with E-state index in [0.29, 0.717) is 11.1 Å². The first-order valence-corrected chi connectivity index (χ1v) is 14.4. The molecule has 1 saturated heterocycles. The molecular formula is C32H47ClN4. The molecule has 0 N–H and O–H groups in total. The maximum Gasteiger partial charge on any atom is 0.140 e. The molecule has 202 valence electrons. The Balaban J connectivity index is 0.000000865. The molecule has 37 heavy (non-hydrogen) atoms. The largest absolute Gasteiger partial charge is 0.378 e. The lowest BCUT2D eigenvalue weighted by Gasteiger charge is -2.33. The molecule has 2 heterocycles. The standard InChI is InChI=1S/C28H39ClN4.C4H8/c1-21(25-12-8-7-9-13-25)22(2)32(6)18-10-11-24-16-19-33(20-17-24)27-15-14-26(28(29)30-27)23(3)31(4)5;1-2-4-3-1/h7-9,12-15,21,24H,2-3,10-11,16-20H2,1,4-6H3;1-4H2. The number of halogens is 1. The van der Waals surface area contributed by atoms with Crippen molar-refractivity contribution in [1.29, 1.82) is 0 Å². The topological polar surface area (TPSA) is 22.6 Å². The van der Waals surface area contributed by atoms with Gasteiger partial charge in [-0.3, -0.25) is 0 Å². The molecule has 4 nitrogen and oxygen atoms in total. The van der Waals surface area contributed by atoms with E-state index in [9.17, 15) is 0 Å². The molecule has 0 bridgehead atoms. The first-order valence-electron chi connectivity index (χ1n) is 14.0. The van der Waals surface area contributed by atoms with Crippen LogP contribution in [0.1, 0.15) is 75.3 Å². The van der Waals surface area contributed by atoms with Crippen molar-refractivity contribution in [2.75, 3.05) is 45.7 Å². The van der Waals surface area contributed by atoms with Gasteiger partial charge in [0.2, 0.25) is 0 Å². The molecule has 1 unspecified atom stereocenters. The number of allylic oxidation sites excluding steroid dienone is 1. The number of benzene rings is 1. The van der Waals surface area contributed by atoms with Gasteiger partial charge in [0.15, 0.2) is 0 Å². The Kier molecular flexibility index (Phi) is 11.4. The molecule has 4 rings (SSSR count). The fourth-order valence-electron chi connectivity index (χ4n) is 4.78. The number of likely N-dealkylation sites (N-methyl/N-ethyl adjacent to an activating group) is 1. The van der Waals surface area contributed by atoms with Crippen LogP contribution in [0.25, 0.3) is 5.70 Å². The van der Waals surface area contributed by atoms with Crippen LogP contribution < -0.4 is 4.90 Å². The SMILES string of the molecule is C1CCC1.C=C(c1ccc(N2CCC(CCCN(C)C(=C)C(C)c3ccccc3)CC2)nc1Cl)N(C)C.